The van der Waals surface area contributed by atoms with Gasteiger partial charge in [0.15, 0.2) is 0 Å². The average molecular weight is 316 g/mol. The van der Waals surface area contributed by atoms with E-state index in [9.17, 15) is 9.59 Å². The van der Waals surface area contributed by atoms with Gasteiger partial charge in [0.2, 0.25) is 0 Å². The van der Waals surface area contributed by atoms with Crippen molar-refractivity contribution >= 4 is 35.1 Å². The molecule has 1 saturated heterocycles. The Bertz CT molecular complexity index is 527. The van der Waals surface area contributed by atoms with Gasteiger partial charge < -0.3 is 10.0 Å². The largest absolute Gasteiger partial charge is 0.481 e. The van der Waals surface area contributed by atoms with Crippen LogP contribution in [0.1, 0.15) is 23.7 Å². The number of piperidine rings is 1. The molecule has 0 bridgehead atoms. The van der Waals surface area contributed by atoms with Crippen LogP contribution in [0, 0.1) is 11.8 Å². The van der Waals surface area contributed by atoms with Crippen molar-refractivity contribution in [3.63, 3.8) is 0 Å². The number of carbonyl (C=O) groups is 2. The molecule has 1 fully saturated rings. The minimum absolute atomic E-state index is 0.0696. The lowest BCUT2D eigenvalue weighted by Crippen LogP contribution is -2.45. The SMILES string of the molecule is CC1CN(C(=O)c2cc(Cl)cc(Cl)c2)CCC1C(=O)O. The molecule has 4 nitrogen and oxygen atoms in total. The Morgan fingerprint density at radius 3 is 2.35 bits per heavy atom. The average Bonchev–Trinajstić information content (AvgIpc) is 2.36. The van der Waals surface area contributed by atoms with E-state index in [1.54, 1.807) is 23.1 Å². The van der Waals surface area contributed by atoms with Crippen molar-refractivity contribution in [3.8, 4) is 0 Å². The standard InChI is InChI=1S/C14H15Cl2NO3/c1-8-7-17(3-2-12(8)14(19)20)13(18)9-4-10(15)6-11(16)5-9/h4-6,8,12H,2-3,7H2,1H3,(H,19,20). The molecule has 1 aliphatic rings. The Labute approximate surface area is 127 Å². The van der Waals surface area contributed by atoms with Crippen LogP contribution in [0.15, 0.2) is 18.2 Å². The van der Waals surface area contributed by atoms with Gasteiger partial charge in [-0.05, 0) is 30.5 Å². The van der Waals surface area contributed by atoms with Crippen LogP contribution < -0.4 is 0 Å². The Hall–Kier alpha value is -1.26. The van der Waals surface area contributed by atoms with Crippen LogP contribution >= 0.6 is 23.2 Å². The van der Waals surface area contributed by atoms with Crippen LogP contribution in [0.2, 0.25) is 10.0 Å². The summed E-state index contributed by atoms with van der Waals surface area (Å²) in [5.41, 5.74) is 0.434. The van der Waals surface area contributed by atoms with Crippen LogP contribution in [0.4, 0.5) is 0 Å². The van der Waals surface area contributed by atoms with E-state index in [2.05, 4.69) is 0 Å². The number of amides is 1. The molecule has 1 aliphatic heterocycles. The Morgan fingerprint density at radius 1 is 1.25 bits per heavy atom. The highest BCUT2D eigenvalue weighted by Gasteiger charge is 2.33. The van der Waals surface area contributed by atoms with E-state index in [4.69, 9.17) is 28.3 Å². The molecule has 1 aromatic carbocycles. The smallest absolute Gasteiger partial charge is 0.306 e. The maximum atomic E-state index is 12.4. The van der Waals surface area contributed by atoms with Gasteiger partial charge in [0, 0.05) is 28.7 Å². The molecular formula is C14H15Cl2NO3. The van der Waals surface area contributed by atoms with Gasteiger partial charge in [-0.3, -0.25) is 9.59 Å². The fourth-order valence-electron chi connectivity index (χ4n) is 2.56. The highest BCUT2D eigenvalue weighted by Crippen LogP contribution is 2.26. The lowest BCUT2D eigenvalue weighted by atomic mass is 9.87. The molecule has 2 rings (SSSR count). The molecule has 0 saturated carbocycles. The number of likely N-dealkylation sites (tertiary alicyclic amines) is 1. The van der Waals surface area contributed by atoms with Crippen molar-refractivity contribution in [3.05, 3.63) is 33.8 Å². The molecule has 0 aliphatic carbocycles. The molecule has 0 spiro atoms. The van der Waals surface area contributed by atoms with E-state index in [0.29, 0.717) is 35.1 Å². The van der Waals surface area contributed by atoms with Crippen LogP contribution in [-0.4, -0.2) is 35.0 Å². The first-order chi connectivity index (χ1) is 9.38. The lowest BCUT2D eigenvalue weighted by Gasteiger charge is -2.35. The summed E-state index contributed by atoms with van der Waals surface area (Å²) in [5, 5.41) is 9.91. The number of carbonyl (C=O) groups excluding carboxylic acids is 1. The fourth-order valence-corrected chi connectivity index (χ4v) is 3.08. The maximum absolute atomic E-state index is 12.4. The predicted molar refractivity (Wildman–Crippen MR) is 77.3 cm³/mol. The van der Waals surface area contributed by atoms with Gasteiger partial charge in [-0.1, -0.05) is 30.1 Å². The van der Waals surface area contributed by atoms with Crippen LogP contribution in [0.25, 0.3) is 0 Å². The highest BCUT2D eigenvalue weighted by molar-refractivity contribution is 6.35. The second-order valence-electron chi connectivity index (χ2n) is 5.12. The van der Waals surface area contributed by atoms with Gasteiger partial charge in [0.05, 0.1) is 5.92 Å². The Balaban J connectivity index is 2.13. The minimum atomic E-state index is -0.796. The van der Waals surface area contributed by atoms with Crippen molar-refractivity contribution in [2.24, 2.45) is 11.8 Å². The number of carboxylic acid groups (broad SMARTS) is 1. The Kier molecular flexibility index (Phi) is 4.55. The third kappa shape index (κ3) is 3.25. The molecule has 6 heteroatoms. The van der Waals surface area contributed by atoms with Gasteiger partial charge in [-0.15, -0.1) is 0 Å². The molecule has 20 heavy (non-hydrogen) atoms. The van der Waals surface area contributed by atoms with Gasteiger partial charge >= 0.3 is 5.97 Å². The van der Waals surface area contributed by atoms with Crippen LogP contribution in [-0.2, 0) is 4.79 Å². The zero-order chi connectivity index (χ0) is 14.9. The topological polar surface area (TPSA) is 57.6 Å². The molecule has 1 N–H and O–H groups in total. The normalized spacial score (nSPS) is 22.6. The number of aliphatic carboxylic acids is 1. The first kappa shape index (κ1) is 15.1. The van der Waals surface area contributed by atoms with E-state index in [-0.39, 0.29) is 17.7 Å². The van der Waals surface area contributed by atoms with Crippen LogP contribution in [0.5, 0.6) is 0 Å². The number of rotatable bonds is 2. The quantitative estimate of drug-likeness (QED) is 0.912. The number of benzene rings is 1. The molecule has 2 atom stereocenters. The van der Waals surface area contributed by atoms with E-state index in [0.717, 1.165) is 0 Å². The van der Waals surface area contributed by atoms with E-state index in [1.807, 2.05) is 6.92 Å². The Morgan fingerprint density at radius 2 is 1.85 bits per heavy atom. The number of nitrogens with zero attached hydrogens (tertiary/aromatic N) is 1. The van der Waals surface area contributed by atoms with E-state index in [1.165, 1.54) is 0 Å². The molecule has 1 amide bonds. The molecule has 108 valence electrons. The van der Waals surface area contributed by atoms with E-state index >= 15 is 0 Å². The van der Waals surface area contributed by atoms with Crippen molar-refractivity contribution in [1.82, 2.24) is 4.90 Å². The van der Waals surface area contributed by atoms with E-state index < -0.39 is 5.97 Å². The summed E-state index contributed by atoms with van der Waals surface area (Å²) < 4.78 is 0. The zero-order valence-electron chi connectivity index (χ0n) is 11.0. The molecular weight excluding hydrogens is 301 g/mol. The number of halogens is 2. The van der Waals surface area contributed by atoms with Crippen molar-refractivity contribution in [1.29, 1.82) is 0 Å². The fraction of sp³-hybridized carbons (Fsp3) is 0.429. The predicted octanol–water partition coefficient (Wildman–Crippen LogP) is 3.18. The molecule has 1 aromatic rings. The number of hydrogen-bond acceptors (Lipinski definition) is 2. The molecule has 0 radical (unpaired) electrons. The summed E-state index contributed by atoms with van der Waals surface area (Å²) in [6.45, 7) is 2.72. The van der Waals surface area contributed by atoms with Gasteiger partial charge in [-0.2, -0.15) is 0 Å². The van der Waals surface area contributed by atoms with Crippen LogP contribution in [0.3, 0.4) is 0 Å². The van der Waals surface area contributed by atoms with Crippen molar-refractivity contribution < 1.29 is 14.7 Å². The lowest BCUT2D eigenvalue weighted by molar-refractivity contribution is -0.145. The molecule has 1 heterocycles. The number of hydrogen-bond donors (Lipinski definition) is 1. The highest BCUT2D eigenvalue weighted by atomic mass is 35.5. The van der Waals surface area contributed by atoms with Crippen molar-refractivity contribution in [2.75, 3.05) is 13.1 Å². The first-order valence-corrected chi connectivity index (χ1v) is 7.12. The van der Waals surface area contributed by atoms with Crippen molar-refractivity contribution in [2.45, 2.75) is 13.3 Å². The molecule has 2 unspecified atom stereocenters. The number of carboxylic acids is 1. The third-order valence-corrected chi connectivity index (χ3v) is 4.06. The van der Waals surface area contributed by atoms with Gasteiger partial charge in [0.1, 0.15) is 0 Å². The van der Waals surface area contributed by atoms with Gasteiger partial charge in [0.25, 0.3) is 5.91 Å². The summed E-state index contributed by atoms with van der Waals surface area (Å²) in [6.07, 6.45) is 0.469. The molecule has 0 aromatic heterocycles. The summed E-state index contributed by atoms with van der Waals surface area (Å²) in [6, 6.07) is 4.71. The second kappa shape index (κ2) is 6.02. The maximum Gasteiger partial charge on any atom is 0.306 e. The first-order valence-electron chi connectivity index (χ1n) is 6.36. The third-order valence-electron chi connectivity index (χ3n) is 3.62. The summed E-state index contributed by atoms with van der Waals surface area (Å²) in [4.78, 5) is 25.1. The summed E-state index contributed by atoms with van der Waals surface area (Å²) in [5.74, 6) is -1.41. The minimum Gasteiger partial charge on any atom is -0.481 e. The monoisotopic (exact) mass is 315 g/mol. The summed E-state index contributed by atoms with van der Waals surface area (Å²) in [7, 11) is 0. The summed E-state index contributed by atoms with van der Waals surface area (Å²) >= 11 is 11.8. The second-order valence-corrected chi connectivity index (χ2v) is 5.99. The zero-order valence-corrected chi connectivity index (χ0v) is 12.5. The van der Waals surface area contributed by atoms with Gasteiger partial charge in [-0.25, -0.2) is 0 Å².